The second kappa shape index (κ2) is 8.98. The molecule has 0 radical (unpaired) electrons. The SMILES string of the molecule is O=c1c(C=Nc2ccc(F)cc2)c(O)n(C2CCCCC2)c(=O)n1C1CCCCC1. The Balaban J connectivity index is 1.84. The summed E-state index contributed by atoms with van der Waals surface area (Å²) < 4.78 is 15.9. The summed E-state index contributed by atoms with van der Waals surface area (Å²) in [6.45, 7) is 0. The minimum atomic E-state index is -0.498. The van der Waals surface area contributed by atoms with E-state index in [-0.39, 0.29) is 29.3 Å². The summed E-state index contributed by atoms with van der Waals surface area (Å²) >= 11 is 0. The number of benzene rings is 1. The zero-order valence-corrected chi connectivity index (χ0v) is 17.1. The van der Waals surface area contributed by atoms with E-state index in [2.05, 4.69) is 4.99 Å². The summed E-state index contributed by atoms with van der Waals surface area (Å²) in [5.41, 5.74) is -0.414. The number of nitrogens with zero attached hydrogens (tertiary/aromatic N) is 3. The molecule has 0 spiro atoms. The molecule has 160 valence electrons. The van der Waals surface area contributed by atoms with E-state index in [4.69, 9.17) is 0 Å². The van der Waals surface area contributed by atoms with Gasteiger partial charge in [-0.2, -0.15) is 0 Å². The van der Waals surface area contributed by atoms with Crippen LogP contribution in [0.2, 0.25) is 0 Å². The van der Waals surface area contributed by atoms with Crippen molar-refractivity contribution in [2.75, 3.05) is 0 Å². The van der Waals surface area contributed by atoms with Crippen molar-refractivity contribution in [3.05, 3.63) is 56.5 Å². The van der Waals surface area contributed by atoms with E-state index in [0.717, 1.165) is 64.2 Å². The van der Waals surface area contributed by atoms with Gasteiger partial charge in [-0.1, -0.05) is 38.5 Å². The predicted molar refractivity (Wildman–Crippen MR) is 115 cm³/mol. The number of rotatable bonds is 4. The van der Waals surface area contributed by atoms with Crippen LogP contribution in [0.15, 0.2) is 38.8 Å². The molecular weight excluding hydrogens is 385 g/mol. The van der Waals surface area contributed by atoms with Gasteiger partial charge in [0.05, 0.1) is 5.69 Å². The van der Waals surface area contributed by atoms with E-state index in [1.807, 2.05) is 0 Å². The van der Waals surface area contributed by atoms with E-state index in [9.17, 15) is 19.1 Å². The van der Waals surface area contributed by atoms with Crippen LogP contribution in [0.3, 0.4) is 0 Å². The van der Waals surface area contributed by atoms with Gasteiger partial charge in [-0.15, -0.1) is 0 Å². The molecule has 2 aliphatic rings. The third kappa shape index (κ3) is 4.11. The van der Waals surface area contributed by atoms with Crippen LogP contribution in [0.1, 0.15) is 81.9 Å². The first-order valence-corrected chi connectivity index (χ1v) is 11.0. The average Bonchev–Trinajstić information content (AvgIpc) is 2.76. The lowest BCUT2D eigenvalue weighted by molar-refractivity contribution is 0.271. The van der Waals surface area contributed by atoms with Gasteiger partial charge in [0.15, 0.2) is 0 Å². The Kier molecular flexibility index (Phi) is 6.16. The predicted octanol–water partition coefficient (Wildman–Crippen LogP) is 4.62. The molecule has 0 atom stereocenters. The first kappa shape index (κ1) is 20.6. The molecule has 2 saturated carbocycles. The van der Waals surface area contributed by atoms with Gasteiger partial charge >= 0.3 is 5.69 Å². The molecular formula is C23H28FN3O3. The van der Waals surface area contributed by atoms with Crippen LogP contribution in [-0.2, 0) is 0 Å². The zero-order chi connectivity index (χ0) is 21.1. The molecule has 1 N–H and O–H groups in total. The Hall–Kier alpha value is -2.70. The van der Waals surface area contributed by atoms with Gasteiger partial charge < -0.3 is 5.11 Å². The molecule has 1 aromatic carbocycles. The van der Waals surface area contributed by atoms with Gasteiger partial charge in [-0.05, 0) is 49.9 Å². The van der Waals surface area contributed by atoms with Crippen molar-refractivity contribution in [2.24, 2.45) is 4.99 Å². The molecule has 2 fully saturated rings. The van der Waals surface area contributed by atoms with Gasteiger partial charge in [0.2, 0.25) is 5.88 Å². The Bertz CT molecular complexity index is 1030. The first-order chi connectivity index (χ1) is 14.6. The highest BCUT2D eigenvalue weighted by Crippen LogP contribution is 2.31. The second-order valence-electron chi connectivity index (χ2n) is 8.38. The molecule has 0 saturated heterocycles. The smallest absolute Gasteiger partial charge is 0.334 e. The molecule has 2 aromatic rings. The molecule has 4 rings (SSSR count). The van der Waals surface area contributed by atoms with Crippen molar-refractivity contribution in [1.29, 1.82) is 0 Å². The van der Waals surface area contributed by atoms with Gasteiger partial charge in [-0.25, -0.2) is 9.18 Å². The molecule has 0 bridgehead atoms. The molecule has 0 aliphatic heterocycles. The molecule has 0 unspecified atom stereocenters. The fourth-order valence-corrected chi connectivity index (χ4v) is 4.76. The minimum Gasteiger partial charge on any atom is -0.494 e. The van der Waals surface area contributed by atoms with Gasteiger partial charge in [0.1, 0.15) is 11.4 Å². The maximum Gasteiger partial charge on any atom is 0.334 e. The van der Waals surface area contributed by atoms with Crippen LogP contribution in [0.5, 0.6) is 5.88 Å². The highest BCUT2D eigenvalue weighted by atomic mass is 19.1. The summed E-state index contributed by atoms with van der Waals surface area (Å²) in [7, 11) is 0. The van der Waals surface area contributed by atoms with Crippen molar-refractivity contribution < 1.29 is 9.50 Å². The monoisotopic (exact) mass is 413 g/mol. The number of aliphatic imine (C=N–C) groups is 1. The topological polar surface area (TPSA) is 76.6 Å². The van der Waals surface area contributed by atoms with Gasteiger partial charge in [-0.3, -0.25) is 18.9 Å². The van der Waals surface area contributed by atoms with Crippen molar-refractivity contribution in [1.82, 2.24) is 9.13 Å². The first-order valence-electron chi connectivity index (χ1n) is 11.0. The highest BCUT2D eigenvalue weighted by Gasteiger charge is 2.28. The van der Waals surface area contributed by atoms with E-state index < -0.39 is 11.2 Å². The summed E-state index contributed by atoms with van der Waals surface area (Å²) in [5, 5.41) is 10.9. The van der Waals surface area contributed by atoms with Crippen molar-refractivity contribution in [3.8, 4) is 5.88 Å². The van der Waals surface area contributed by atoms with Crippen molar-refractivity contribution in [2.45, 2.75) is 76.3 Å². The fourth-order valence-electron chi connectivity index (χ4n) is 4.76. The number of hydrogen-bond donors (Lipinski definition) is 1. The summed E-state index contributed by atoms with van der Waals surface area (Å²) in [5.74, 6) is -0.683. The van der Waals surface area contributed by atoms with Gasteiger partial charge in [0, 0.05) is 18.3 Å². The van der Waals surface area contributed by atoms with Crippen molar-refractivity contribution in [3.63, 3.8) is 0 Å². The minimum absolute atomic E-state index is 0.0232. The number of halogens is 1. The van der Waals surface area contributed by atoms with Crippen LogP contribution in [0.4, 0.5) is 10.1 Å². The molecule has 1 aromatic heterocycles. The number of hydrogen-bond acceptors (Lipinski definition) is 4. The number of aromatic nitrogens is 2. The lowest BCUT2D eigenvalue weighted by atomic mass is 9.94. The molecule has 2 aliphatic carbocycles. The lowest BCUT2D eigenvalue weighted by Crippen LogP contribution is -2.45. The summed E-state index contributed by atoms with van der Waals surface area (Å²) in [4.78, 5) is 30.9. The van der Waals surface area contributed by atoms with E-state index in [0.29, 0.717) is 5.69 Å². The summed E-state index contributed by atoms with van der Waals surface area (Å²) in [6, 6.07) is 5.32. The molecule has 30 heavy (non-hydrogen) atoms. The summed E-state index contributed by atoms with van der Waals surface area (Å²) in [6.07, 6.45) is 10.7. The van der Waals surface area contributed by atoms with E-state index in [1.54, 1.807) is 0 Å². The third-order valence-electron chi connectivity index (χ3n) is 6.38. The van der Waals surface area contributed by atoms with E-state index >= 15 is 0 Å². The second-order valence-corrected chi connectivity index (χ2v) is 8.38. The van der Waals surface area contributed by atoms with Crippen LogP contribution < -0.4 is 11.2 Å². The Labute approximate surface area is 174 Å². The maximum absolute atomic E-state index is 13.4. The lowest BCUT2D eigenvalue weighted by Gasteiger charge is -2.29. The van der Waals surface area contributed by atoms with Crippen LogP contribution in [0, 0.1) is 5.82 Å². The standard InChI is InChI=1S/C23H28FN3O3/c24-16-11-13-17(14-12-16)25-15-20-21(28)26(18-7-3-1-4-8-18)23(30)27(22(20)29)19-9-5-2-6-10-19/h11-15,18-19,28H,1-10H2. The van der Waals surface area contributed by atoms with Crippen LogP contribution in [0.25, 0.3) is 0 Å². The average molecular weight is 413 g/mol. The molecule has 1 heterocycles. The molecule has 6 nitrogen and oxygen atoms in total. The fraction of sp³-hybridized carbons (Fsp3) is 0.522. The zero-order valence-electron chi connectivity index (χ0n) is 17.1. The third-order valence-corrected chi connectivity index (χ3v) is 6.38. The van der Waals surface area contributed by atoms with Crippen molar-refractivity contribution >= 4 is 11.9 Å². The highest BCUT2D eigenvalue weighted by molar-refractivity contribution is 5.84. The Morgan fingerprint density at radius 3 is 1.97 bits per heavy atom. The molecule has 7 heteroatoms. The quantitative estimate of drug-likeness (QED) is 0.744. The van der Waals surface area contributed by atoms with Gasteiger partial charge in [0.25, 0.3) is 5.56 Å². The largest absolute Gasteiger partial charge is 0.494 e. The molecule has 0 amide bonds. The Morgan fingerprint density at radius 2 is 1.40 bits per heavy atom. The Morgan fingerprint density at radius 1 is 0.867 bits per heavy atom. The number of aromatic hydroxyl groups is 1. The van der Waals surface area contributed by atoms with Crippen LogP contribution >= 0.6 is 0 Å². The normalized spacial score (nSPS) is 18.8. The maximum atomic E-state index is 13.4. The van der Waals surface area contributed by atoms with Crippen LogP contribution in [-0.4, -0.2) is 20.5 Å². The van der Waals surface area contributed by atoms with E-state index in [1.165, 1.54) is 39.6 Å².